The van der Waals surface area contributed by atoms with E-state index in [1.165, 1.54) is 16.7 Å². The Morgan fingerprint density at radius 3 is 3.10 bits per heavy atom. The van der Waals surface area contributed by atoms with Crippen LogP contribution in [0.4, 0.5) is 4.39 Å². The minimum absolute atomic E-state index is 0.131. The number of nitrogens with zero attached hydrogens (tertiary/aromatic N) is 2. The van der Waals surface area contributed by atoms with Crippen molar-refractivity contribution in [3.8, 4) is 0 Å². The van der Waals surface area contributed by atoms with Gasteiger partial charge in [0.15, 0.2) is 5.17 Å². The Morgan fingerprint density at radius 2 is 2.29 bits per heavy atom. The normalized spacial score (nSPS) is 17.8. The average molecular weight is 318 g/mol. The summed E-state index contributed by atoms with van der Waals surface area (Å²) in [5.74, 6) is -0.131. The van der Waals surface area contributed by atoms with Gasteiger partial charge < -0.3 is 4.90 Å². The number of thiophene rings is 1. The molecule has 1 aromatic heterocycles. The predicted octanol–water partition coefficient (Wildman–Crippen LogP) is 4.93. The lowest BCUT2D eigenvalue weighted by Gasteiger charge is -2.15. The molecule has 0 unspecified atom stereocenters. The van der Waals surface area contributed by atoms with Crippen LogP contribution in [-0.2, 0) is 0 Å². The molecule has 0 bridgehead atoms. The highest BCUT2D eigenvalue weighted by Crippen LogP contribution is 2.46. The van der Waals surface area contributed by atoms with Crippen molar-refractivity contribution in [1.82, 2.24) is 4.90 Å². The quantitative estimate of drug-likeness (QED) is 0.797. The molecule has 3 heterocycles. The third kappa shape index (κ3) is 2.10. The van der Waals surface area contributed by atoms with E-state index in [1.54, 1.807) is 29.2 Å². The lowest BCUT2D eigenvalue weighted by molar-refractivity contribution is 0.639. The number of hydrogen-bond acceptors (Lipinski definition) is 4. The molecule has 0 amide bonds. The second-order valence-corrected chi connectivity index (χ2v) is 7.35. The predicted molar refractivity (Wildman–Crippen MR) is 90.2 cm³/mol. The van der Waals surface area contributed by atoms with Crippen LogP contribution in [0.5, 0.6) is 0 Å². The molecular formula is C16H15FN2S2. The third-order valence-corrected chi connectivity index (χ3v) is 6.05. The van der Waals surface area contributed by atoms with Gasteiger partial charge in [-0.15, -0.1) is 11.3 Å². The maximum atomic E-state index is 13.9. The molecule has 4 rings (SSSR count). The van der Waals surface area contributed by atoms with Crippen LogP contribution >= 0.6 is 23.1 Å². The van der Waals surface area contributed by atoms with Gasteiger partial charge in [-0.25, -0.2) is 4.39 Å². The van der Waals surface area contributed by atoms with Gasteiger partial charge in [0, 0.05) is 21.5 Å². The van der Waals surface area contributed by atoms with Crippen LogP contribution in [0.15, 0.2) is 34.2 Å². The van der Waals surface area contributed by atoms with Gasteiger partial charge in [-0.2, -0.15) is 0 Å². The maximum absolute atomic E-state index is 13.9. The van der Waals surface area contributed by atoms with E-state index in [1.807, 2.05) is 12.1 Å². The molecule has 5 heteroatoms. The zero-order valence-corrected chi connectivity index (χ0v) is 13.4. The van der Waals surface area contributed by atoms with Crippen molar-refractivity contribution < 1.29 is 4.39 Å². The van der Waals surface area contributed by atoms with Gasteiger partial charge in [-0.3, -0.25) is 4.99 Å². The minimum Gasteiger partial charge on any atom is -0.317 e. The largest absolute Gasteiger partial charge is 0.317 e. The molecular weight excluding hydrogens is 303 g/mol. The van der Waals surface area contributed by atoms with E-state index >= 15 is 0 Å². The summed E-state index contributed by atoms with van der Waals surface area (Å²) < 4.78 is 15.0. The first kappa shape index (κ1) is 13.3. The Bertz CT molecular complexity index is 776. The smallest absolute Gasteiger partial charge is 0.168 e. The first-order chi connectivity index (χ1) is 10.3. The molecule has 21 heavy (non-hydrogen) atoms. The first-order valence-corrected chi connectivity index (χ1v) is 8.82. The summed E-state index contributed by atoms with van der Waals surface area (Å²) in [7, 11) is 0. The molecule has 0 radical (unpaired) electrons. The Morgan fingerprint density at radius 1 is 1.38 bits per heavy atom. The van der Waals surface area contributed by atoms with Gasteiger partial charge >= 0.3 is 0 Å². The van der Waals surface area contributed by atoms with Gasteiger partial charge in [0.25, 0.3) is 0 Å². The summed E-state index contributed by atoms with van der Waals surface area (Å²) in [6.07, 6.45) is 2.18. The lowest BCUT2D eigenvalue weighted by Crippen LogP contribution is -2.19. The molecule has 0 spiro atoms. The van der Waals surface area contributed by atoms with E-state index in [4.69, 9.17) is 0 Å². The number of thioether (sulfide) groups is 1. The lowest BCUT2D eigenvalue weighted by atomic mass is 10.2. The molecule has 2 aliphatic rings. The second kappa shape index (κ2) is 5.14. The molecule has 0 saturated heterocycles. The molecule has 0 fully saturated rings. The van der Waals surface area contributed by atoms with E-state index in [0.29, 0.717) is 0 Å². The van der Waals surface area contributed by atoms with Crippen LogP contribution in [-0.4, -0.2) is 23.2 Å². The van der Waals surface area contributed by atoms with E-state index in [9.17, 15) is 4.39 Å². The van der Waals surface area contributed by atoms with E-state index in [-0.39, 0.29) is 5.82 Å². The molecule has 0 N–H and O–H groups in total. The minimum atomic E-state index is -0.131. The van der Waals surface area contributed by atoms with Crippen LogP contribution < -0.4 is 0 Å². The number of allylic oxidation sites excluding steroid dienone is 1. The molecule has 2 aromatic rings. The summed E-state index contributed by atoms with van der Waals surface area (Å²) in [6, 6.07) is 7.31. The fourth-order valence-corrected chi connectivity index (χ4v) is 5.35. The van der Waals surface area contributed by atoms with Crippen LogP contribution in [0, 0.1) is 5.82 Å². The van der Waals surface area contributed by atoms with Gasteiger partial charge in [0.05, 0.1) is 17.1 Å². The van der Waals surface area contributed by atoms with Crippen molar-refractivity contribution >= 4 is 44.0 Å². The number of fused-ring (bicyclic) bond motifs is 2. The summed E-state index contributed by atoms with van der Waals surface area (Å²) in [6.45, 7) is 4.01. The van der Waals surface area contributed by atoms with Crippen LogP contribution in [0.2, 0.25) is 0 Å². The Kier molecular flexibility index (Phi) is 3.27. The van der Waals surface area contributed by atoms with E-state index < -0.39 is 0 Å². The second-order valence-electron chi connectivity index (χ2n) is 5.20. The number of rotatable bonds is 3. The highest BCUT2D eigenvalue weighted by Gasteiger charge is 2.33. The summed E-state index contributed by atoms with van der Waals surface area (Å²) >= 11 is 3.47. The number of halogens is 1. The molecule has 0 saturated carbocycles. The Labute approximate surface area is 131 Å². The van der Waals surface area contributed by atoms with Crippen molar-refractivity contribution in [2.45, 2.75) is 19.8 Å². The zero-order valence-electron chi connectivity index (χ0n) is 11.7. The Hall–Kier alpha value is -1.33. The fourth-order valence-electron chi connectivity index (χ4n) is 2.84. The summed E-state index contributed by atoms with van der Waals surface area (Å²) in [4.78, 5) is 9.42. The summed E-state index contributed by atoms with van der Waals surface area (Å²) in [5, 5.41) is 1.85. The van der Waals surface area contributed by atoms with Crippen molar-refractivity contribution in [1.29, 1.82) is 0 Å². The molecule has 108 valence electrons. The third-order valence-electron chi connectivity index (χ3n) is 3.77. The van der Waals surface area contributed by atoms with Gasteiger partial charge in [0.1, 0.15) is 5.82 Å². The molecule has 0 atom stereocenters. The van der Waals surface area contributed by atoms with Crippen molar-refractivity contribution in [3.05, 3.63) is 39.9 Å². The van der Waals surface area contributed by atoms with Crippen molar-refractivity contribution in [2.75, 3.05) is 13.1 Å². The molecule has 1 aromatic carbocycles. The number of amidine groups is 1. The van der Waals surface area contributed by atoms with Crippen LogP contribution in [0.1, 0.15) is 24.6 Å². The topological polar surface area (TPSA) is 15.6 Å². The van der Waals surface area contributed by atoms with E-state index in [2.05, 4.69) is 16.8 Å². The maximum Gasteiger partial charge on any atom is 0.168 e. The number of aliphatic imine (C=N–C) groups is 1. The van der Waals surface area contributed by atoms with Crippen LogP contribution in [0.25, 0.3) is 15.8 Å². The standard InChI is InChI=1S/C16H15FN2S2/c1-2-4-13-15(19-8-7-18-16(19)21-13)14-9-10-11(17)5-3-6-12(10)20-14/h3,5-6,9H,2,4,7-8H2,1H3. The number of hydrogen-bond donors (Lipinski definition) is 0. The fraction of sp³-hybridized carbons (Fsp3) is 0.312. The van der Waals surface area contributed by atoms with E-state index in [0.717, 1.165) is 46.1 Å². The SMILES string of the molecule is CCCC1=C(c2cc3c(F)cccc3s2)N2CCN=C2S1. The van der Waals surface area contributed by atoms with Gasteiger partial charge in [-0.1, -0.05) is 31.2 Å². The zero-order chi connectivity index (χ0) is 14.4. The average Bonchev–Trinajstić information content (AvgIpc) is 3.12. The van der Waals surface area contributed by atoms with Gasteiger partial charge in [-0.05, 0) is 24.6 Å². The monoisotopic (exact) mass is 318 g/mol. The molecule has 2 nitrogen and oxygen atoms in total. The molecule has 2 aliphatic heterocycles. The summed E-state index contributed by atoms with van der Waals surface area (Å²) in [5.41, 5.74) is 1.26. The number of benzene rings is 1. The molecule has 0 aliphatic carbocycles. The van der Waals surface area contributed by atoms with Gasteiger partial charge in [0.2, 0.25) is 0 Å². The van der Waals surface area contributed by atoms with Crippen molar-refractivity contribution in [2.24, 2.45) is 4.99 Å². The Balaban J connectivity index is 1.86. The van der Waals surface area contributed by atoms with Crippen molar-refractivity contribution in [3.63, 3.8) is 0 Å². The van der Waals surface area contributed by atoms with Crippen LogP contribution in [0.3, 0.4) is 0 Å². The highest BCUT2D eigenvalue weighted by atomic mass is 32.2. The first-order valence-electron chi connectivity index (χ1n) is 7.19. The highest BCUT2D eigenvalue weighted by molar-refractivity contribution is 8.17.